The maximum absolute atomic E-state index is 12.9. The molecule has 8 heteroatoms. The van der Waals surface area contributed by atoms with E-state index in [4.69, 9.17) is 0 Å². The number of hydrogen-bond donors (Lipinski definition) is 2. The van der Waals surface area contributed by atoms with Crippen LogP contribution in [0, 0.1) is 0 Å². The fourth-order valence-electron chi connectivity index (χ4n) is 3.12. The van der Waals surface area contributed by atoms with Crippen LogP contribution >= 0.6 is 0 Å². The van der Waals surface area contributed by atoms with E-state index in [0.717, 1.165) is 12.8 Å². The Balaban J connectivity index is 2.20. The lowest BCUT2D eigenvalue weighted by atomic mass is 10.0. The fourth-order valence-corrected chi connectivity index (χ4v) is 4.79. The van der Waals surface area contributed by atoms with Crippen LogP contribution < -0.4 is 5.32 Å². The van der Waals surface area contributed by atoms with Crippen molar-refractivity contribution in [1.29, 1.82) is 0 Å². The third kappa shape index (κ3) is 4.82. The number of carboxylic acids is 1. The van der Waals surface area contributed by atoms with Gasteiger partial charge in [-0.15, -0.1) is 0 Å². The molecule has 2 N–H and O–H groups in total. The number of rotatable bonds is 8. The number of carbonyl (C=O) groups is 2. The summed E-state index contributed by atoms with van der Waals surface area (Å²) in [4.78, 5) is 24.2. The molecule has 0 saturated carbocycles. The molecule has 1 amide bonds. The molecule has 2 rings (SSSR count). The van der Waals surface area contributed by atoms with Crippen LogP contribution in [0.1, 0.15) is 45.4 Å². The smallest absolute Gasteiger partial charge is 0.326 e. The fraction of sp³-hybridized carbons (Fsp3) is 0.556. The largest absolute Gasteiger partial charge is 0.480 e. The van der Waals surface area contributed by atoms with E-state index in [1.54, 1.807) is 18.2 Å². The molecule has 144 valence electrons. The molecule has 2 unspecified atom stereocenters. The van der Waals surface area contributed by atoms with Crippen molar-refractivity contribution in [3.63, 3.8) is 0 Å². The van der Waals surface area contributed by atoms with Crippen molar-refractivity contribution in [3.05, 3.63) is 30.3 Å². The van der Waals surface area contributed by atoms with Gasteiger partial charge in [0.05, 0.1) is 4.90 Å². The van der Waals surface area contributed by atoms with Gasteiger partial charge in [-0.3, -0.25) is 4.79 Å². The Morgan fingerprint density at radius 1 is 1.27 bits per heavy atom. The molecule has 26 heavy (non-hydrogen) atoms. The van der Waals surface area contributed by atoms with E-state index in [9.17, 15) is 23.1 Å². The van der Waals surface area contributed by atoms with Crippen molar-refractivity contribution < 1.29 is 23.1 Å². The molecule has 7 nitrogen and oxygen atoms in total. The van der Waals surface area contributed by atoms with Gasteiger partial charge in [-0.1, -0.05) is 44.4 Å². The van der Waals surface area contributed by atoms with E-state index in [0.29, 0.717) is 25.7 Å². The normalized spacial score (nSPS) is 19.7. The SMILES string of the molecule is CCCCC(NC(=O)C1CCCCN1S(=O)(=O)c1ccccc1)C(=O)O. The average Bonchev–Trinajstić information content (AvgIpc) is 2.65. The molecule has 0 spiro atoms. The van der Waals surface area contributed by atoms with Gasteiger partial charge in [-0.25, -0.2) is 13.2 Å². The van der Waals surface area contributed by atoms with Crippen molar-refractivity contribution in [2.75, 3.05) is 6.54 Å². The van der Waals surface area contributed by atoms with Crippen LogP contribution in [-0.4, -0.2) is 48.3 Å². The highest BCUT2D eigenvalue weighted by Crippen LogP contribution is 2.25. The molecule has 1 saturated heterocycles. The first-order chi connectivity index (χ1) is 12.4. The van der Waals surface area contributed by atoms with E-state index in [1.165, 1.54) is 16.4 Å². The molecule has 0 bridgehead atoms. The first-order valence-electron chi connectivity index (χ1n) is 8.98. The topological polar surface area (TPSA) is 104 Å². The Bertz CT molecular complexity index is 720. The summed E-state index contributed by atoms with van der Waals surface area (Å²) in [7, 11) is -3.80. The second-order valence-corrected chi connectivity index (χ2v) is 8.37. The number of nitrogens with zero attached hydrogens (tertiary/aromatic N) is 1. The number of amides is 1. The second-order valence-electron chi connectivity index (χ2n) is 6.48. The number of carboxylic acid groups (broad SMARTS) is 1. The summed E-state index contributed by atoms with van der Waals surface area (Å²) >= 11 is 0. The number of sulfonamides is 1. The molecule has 0 radical (unpaired) electrons. The lowest BCUT2D eigenvalue weighted by Gasteiger charge is -2.34. The van der Waals surface area contributed by atoms with Crippen LogP contribution in [-0.2, 0) is 19.6 Å². The van der Waals surface area contributed by atoms with Crippen LogP contribution in [0.15, 0.2) is 35.2 Å². The maximum Gasteiger partial charge on any atom is 0.326 e. The highest BCUT2D eigenvalue weighted by molar-refractivity contribution is 7.89. The lowest BCUT2D eigenvalue weighted by Crippen LogP contribution is -2.54. The van der Waals surface area contributed by atoms with Crippen molar-refractivity contribution in [2.24, 2.45) is 0 Å². The van der Waals surface area contributed by atoms with Crippen LogP contribution in [0.4, 0.5) is 0 Å². The Morgan fingerprint density at radius 2 is 1.96 bits per heavy atom. The molecular formula is C18H26N2O5S. The predicted octanol–water partition coefficient (Wildman–Crippen LogP) is 1.99. The molecule has 1 fully saturated rings. The van der Waals surface area contributed by atoms with E-state index < -0.39 is 34.0 Å². The van der Waals surface area contributed by atoms with E-state index >= 15 is 0 Å². The molecule has 0 aromatic heterocycles. The Labute approximate surface area is 154 Å². The third-order valence-corrected chi connectivity index (χ3v) is 6.49. The molecule has 1 heterocycles. The molecule has 0 aliphatic carbocycles. The average molecular weight is 382 g/mol. The zero-order chi connectivity index (χ0) is 19.2. The summed E-state index contributed by atoms with van der Waals surface area (Å²) in [6.07, 6.45) is 3.61. The van der Waals surface area contributed by atoms with E-state index in [1.807, 2.05) is 6.92 Å². The minimum absolute atomic E-state index is 0.139. The van der Waals surface area contributed by atoms with Crippen LogP contribution in [0.2, 0.25) is 0 Å². The van der Waals surface area contributed by atoms with Gasteiger partial charge in [0.15, 0.2) is 0 Å². The quantitative estimate of drug-likeness (QED) is 0.716. The van der Waals surface area contributed by atoms with Crippen molar-refractivity contribution in [3.8, 4) is 0 Å². The van der Waals surface area contributed by atoms with Crippen LogP contribution in [0.25, 0.3) is 0 Å². The number of nitrogens with one attached hydrogen (secondary N) is 1. The number of unbranched alkanes of at least 4 members (excludes halogenated alkanes) is 1. The summed E-state index contributed by atoms with van der Waals surface area (Å²) in [5, 5.41) is 11.8. The summed E-state index contributed by atoms with van der Waals surface area (Å²) < 4.78 is 27.1. The van der Waals surface area contributed by atoms with Gasteiger partial charge in [-0.05, 0) is 31.4 Å². The van der Waals surface area contributed by atoms with Gasteiger partial charge in [0.1, 0.15) is 12.1 Å². The zero-order valence-electron chi connectivity index (χ0n) is 14.9. The summed E-state index contributed by atoms with van der Waals surface area (Å²) in [6, 6.07) is 6.13. The number of aliphatic carboxylic acids is 1. The lowest BCUT2D eigenvalue weighted by molar-refractivity contribution is -0.142. The van der Waals surface area contributed by atoms with Crippen LogP contribution in [0.3, 0.4) is 0 Å². The number of carbonyl (C=O) groups excluding carboxylic acids is 1. The van der Waals surface area contributed by atoms with Crippen molar-refractivity contribution in [2.45, 2.75) is 62.4 Å². The number of benzene rings is 1. The highest BCUT2D eigenvalue weighted by atomic mass is 32.2. The molecular weight excluding hydrogens is 356 g/mol. The van der Waals surface area contributed by atoms with Gasteiger partial charge in [0.2, 0.25) is 15.9 Å². The van der Waals surface area contributed by atoms with Gasteiger partial charge < -0.3 is 10.4 Å². The molecule has 1 aromatic carbocycles. The number of hydrogen-bond acceptors (Lipinski definition) is 4. The van der Waals surface area contributed by atoms with Gasteiger partial charge in [-0.2, -0.15) is 4.31 Å². The van der Waals surface area contributed by atoms with Gasteiger partial charge in [0, 0.05) is 6.54 Å². The summed E-state index contributed by atoms with van der Waals surface area (Å²) in [5.41, 5.74) is 0. The van der Waals surface area contributed by atoms with E-state index in [2.05, 4.69) is 5.32 Å². The monoisotopic (exact) mass is 382 g/mol. The zero-order valence-corrected chi connectivity index (χ0v) is 15.7. The summed E-state index contributed by atoms with van der Waals surface area (Å²) in [5.74, 6) is -1.63. The standard InChI is InChI=1S/C18H26N2O5S/c1-2-3-11-15(18(22)23)19-17(21)16-12-7-8-13-20(16)26(24,25)14-9-5-4-6-10-14/h4-6,9-10,15-16H,2-3,7-8,11-13H2,1H3,(H,19,21)(H,22,23). The maximum atomic E-state index is 12.9. The van der Waals surface area contributed by atoms with Crippen LogP contribution in [0.5, 0.6) is 0 Å². The van der Waals surface area contributed by atoms with Crippen molar-refractivity contribution in [1.82, 2.24) is 9.62 Å². The molecule has 1 aliphatic rings. The molecule has 1 aromatic rings. The molecule has 2 atom stereocenters. The Morgan fingerprint density at radius 3 is 2.58 bits per heavy atom. The Hall–Kier alpha value is -1.93. The van der Waals surface area contributed by atoms with Gasteiger partial charge >= 0.3 is 5.97 Å². The first-order valence-corrected chi connectivity index (χ1v) is 10.4. The first kappa shape index (κ1) is 20.4. The van der Waals surface area contributed by atoms with E-state index in [-0.39, 0.29) is 11.4 Å². The second kappa shape index (κ2) is 9.14. The number of piperidine rings is 1. The third-order valence-electron chi connectivity index (χ3n) is 4.57. The molecule has 1 aliphatic heterocycles. The van der Waals surface area contributed by atoms with Crippen molar-refractivity contribution >= 4 is 21.9 Å². The predicted molar refractivity (Wildman–Crippen MR) is 97.1 cm³/mol. The minimum atomic E-state index is -3.80. The Kier molecular flexibility index (Phi) is 7.16. The summed E-state index contributed by atoms with van der Waals surface area (Å²) in [6.45, 7) is 2.19. The minimum Gasteiger partial charge on any atom is -0.480 e. The highest BCUT2D eigenvalue weighted by Gasteiger charge is 2.38. The van der Waals surface area contributed by atoms with Gasteiger partial charge in [0.25, 0.3) is 0 Å².